The Hall–Kier alpha value is -1.84. The van der Waals surface area contributed by atoms with Gasteiger partial charge < -0.3 is 10.2 Å². The number of benzene rings is 1. The summed E-state index contributed by atoms with van der Waals surface area (Å²) in [6.07, 6.45) is 2.45. The van der Waals surface area contributed by atoms with Crippen molar-refractivity contribution in [1.82, 2.24) is 10.2 Å². The first kappa shape index (κ1) is 14.6. The zero-order valence-corrected chi connectivity index (χ0v) is 12.2. The molecule has 1 saturated heterocycles. The molecule has 2 amide bonds. The molecule has 1 N–H and O–H groups in total. The Morgan fingerprint density at radius 3 is 2.85 bits per heavy atom. The SMILES string of the molecule is Cc1ccc(C)c(C(=O)NCCCN2CCCC2=O)c1. The first-order valence-electron chi connectivity index (χ1n) is 7.21. The van der Waals surface area contributed by atoms with Crippen LogP contribution in [0.2, 0.25) is 0 Å². The third kappa shape index (κ3) is 3.59. The van der Waals surface area contributed by atoms with Crippen LogP contribution in [-0.2, 0) is 4.79 Å². The maximum absolute atomic E-state index is 12.1. The van der Waals surface area contributed by atoms with Gasteiger partial charge in [-0.2, -0.15) is 0 Å². The average Bonchev–Trinajstić information content (AvgIpc) is 2.83. The maximum atomic E-state index is 12.1. The fourth-order valence-electron chi connectivity index (χ4n) is 2.49. The largest absolute Gasteiger partial charge is 0.352 e. The molecule has 1 fully saturated rings. The summed E-state index contributed by atoms with van der Waals surface area (Å²) in [6, 6.07) is 5.88. The van der Waals surface area contributed by atoms with Gasteiger partial charge in [-0.25, -0.2) is 0 Å². The van der Waals surface area contributed by atoms with Crippen LogP contribution in [0.1, 0.15) is 40.7 Å². The minimum absolute atomic E-state index is 0.0288. The quantitative estimate of drug-likeness (QED) is 0.835. The number of likely N-dealkylation sites (tertiary alicyclic amines) is 1. The number of rotatable bonds is 5. The Labute approximate surface area is 120 Å². The van der Waals surface area contributed by atoms with E-state index in [4.69, 9.17) is 0 Å². The number of amides is 2. The van der Waals surface area contributed by atoms with E-state index in [1.54, 1.807) is 0 Å². The highest BCUT2D eigenvalue weighted by molar-refractivity contribution is 5.95. The Morgan fingerprint density at radius 2 is 2.15 bits per heavy atom. The first-order chi connectivity index (χ1) is 9.58. The predicted molar refractivity (Wildman–Crippen MR) is 78.7 cm³/mol. The van der Waals surface area contributed by atoms with Crippen LogP contribution < -0.4 is 5.32 Å². The first-order valence-corrected chi connectivity index (χ1v) is 7.21. The van der Waals surface area contributed by atoms with Crippen molar-refractivity contribution < 1.29 is 9.59 Å². The van der Waals surface area contributed by atoms with E-state index in [0.29, 0.717) is 13.0 Å². The summed E-state index contributed by atoms with van der Waals surface area (Å²) in [7, 11) is 0. The van der Waals surface area contributed by atoms with Gasteiger partial charge in [0.1, 0.15) is 0 Å². The van der Waals surface area contributed by atoms with Crippen molar-refractivity contribution in [2.45, 2.75) is 33.1 Å². The molecule has 108 valence electrons. The van der Waals surface area contributed by atoms with Gasteiger partial charge in [0.2, 0.25) is 5.91 Å². The van der Waals surface area contributed by atoms with Crippen molar-refractivity contribution in [3.63, 3.8) is 0 Å². The van der Waals surface area contributed by atoms with E-state index in [2.05, 4.69) is 5.32 Å². The standard InChI is InChI=1S/C16H22N2O2/c1-12-6-7-13(2)14(11-12)16(20)17-8-4-10-18-9-3-5-15(18)19/h6-7,11H,3-5,8-10H2,1-2H3,(H,17,20). The minimum atomic E-state index is -0.0288. The number of nitrogens with zero attached hydrogens (tertiary/aromatic N) is 1. The zero-order valence-electron chi connectivity index (χ0n) is 12.2. The van der Waals surface area contributed by atoms with E-state index in [1.165, 1.54) is 0 Å². The molecule has 1 heterocycles. The van der Waals surface area contributed by atoms with Crippen molar-refractivity contribution in [3.05, 3.63) is 34.9 Å². The van der Waals surface area contributed by atoms with Gasteiger partial charge in [-0.15, -0.1) is 0 Å². The van der Waals surface area contributed by atoms with E-state index >= 15 is 0 Å². The Bertz CT molecular complexity index is 511. The molecule has 0 atom stereocenters. The second-order valence-corrected chi connectivity index (χ2v) is 5.41. The van der Waals surface area contributed by atoms with Gasteiger partial charge in [0.25, 0.3) is 5.91 Å². The third-order valence-corrected chi connectivity index (χ3v) is 3.70. The van der Waals surface area contributed by atoms with Gasteiger partial charge in [-0.05, 0) is 38.3 Å². The molecular formula is C16H22N2O2. The number of carbonyl (C=O) groups is 2. The second kappa shape index (κ2) is 6.55. The molecule has 4 heteroatoms. The Morgan fingerprint density at radius 1 is 1.35 bits per heavy atom. The zero-order chi connectivity index (χ0) is 14.5. The molecule has 0 aliphatic carbocycles. The molecule has 20 heavy (non-hydrogen) atoms. The van der Waals surface area contributed by atoms with Crippen molar-refractivity contribution in [2.75, 3.05) is 19.6 Å². The minimum Gasteiger partial charge on any atom is -0.352 e. The fourth-order valence-corrected chi connectivity index (χ4v) is 2.49. The van der Waals surface area contributed by atoms with Crippen LogP contribution in [0.4, 0.5) is 0 Å². The monoisotopic (exact) mass is 274 g/mol. The summed E-state index contributed by atoms with van der Waals surface area (Å²) in [4.78, 5) is 25.4. The van der Waals surface area contributed by atoms with Gasteiger partial charge >= 0.3 is 0 Å². The van der Waals surface area contributed by atoms with Gasteiger partial charge in [0.15, 0.2) is 0 Å². The summed E-state index contributed by atoms with van der Waals surface area (Å²) in [5.74, 6) is 0.213. The van der Waals surface area contributed by atoms with Crippen molar-refractivity contribution in [1.29, 1.82) is 0 Å². The molecule has 0 radical (unpaired) electrons. The summed E-state index contributed by atoms with van der Waals surface area (Å²) in [5.41, 5.74) is 2.81. The lowest BCUT2D eigenvalue weighted by molar-refractivity contribution is -0.127. The van der Waals surface area contributed by atoms with Crippen LogP contribution in [-0.4, -0.2) is 36.3 Å². The van der Waals surface area contributed by atoms with Crippen molar-refractivity contribution in [2.24, 2.45) is 0 Å². The smallest absolute Gasteiger partial charge is 0.251 e. The van der Waals surface area contributed by atoms with E-state index in [0.717, 1.165) is 42.6 Å². The van der Waals surface area contributed by atoms with E-state index in [9.17, 15) is 9.59 Å². The van der Waals surface area contributed by atoms with Gasteiger partial charge in [0, 0.05) is 31.6 Å². The molecule has 0 saturated carbocycles. The third-order valence-electron chi connectivity index (χ3n) is 3.70. The van der Waals surface area contributed by atoms with E-state index in [1.807, 2.05) is 36.9 Å². The van der Waals surface area contributed by atoms with Crippen LogP contribution in [0, 0.1) is 13.8 Å². The highest BCUT2D eigenvalue weighted by Crippen LogP contribution is 2.11. The van der Waals surface area contributed by atoms with E-state index < -0.39 is 0 Å². The lowest BCUT2D eigenvalue weighted by Gasteiger charge is -2.15. The molecule has 0 aromatic heterocycles. The topological polar surface area (TPSA) is 49.4 Å². The molecule has 1 aliphatic rings. The Balaban J connectivity index is 1.77. The van der Waals surface area contributed by atoms with Crippen LogP contribution in [0.25, 0.3) is 0 Å². The lowest BCUT2D eigenvalue weighted by Crippen LogP contribution is -2.30. The molecule has 0 bridgehead atoms. The van der Waals surface area contributed by atoms with Crippen LogP contribution in [0.5, 0.6) is 0 Å². The number of carbonyl (C=O) groups excluding carboxylic acids is 2. The summed E-state index contributed by atoms with van der Waals surface area (Å²) in [5, 5.41) is 2.93. The van der Waals surface area contributed by atoms with Crippen LogP contribution >= 0.6 is 0 Å². The molecule has 1 aromatic rings. The average molecular weight is 274 g/mol. The van der Waals surface area contributed by atoms with Gasteiger partial charge in [-0.1, -0.05) is 17.7 Å². The predicted octanol–water partition coefficient (Wildman–Crippen LogP) is 2.05. The molecule has 0 unspecified atom stereocenters. The van der Waals surface area contributed by atoms with Crippen LogP contribution in [0.15, 0.2) is 18.2 Å². The molecule has 1 aromatic carbocycles. The van der Waals surface area contributed by atoms with Gasteiger partial charge in [-0.3, -0.25) is 9.59 Å². The maximum Gasteiger partial charge on any atom is 0.251 e. The number of nitrogens with one attached hydrogen (secondary N) is 1. The second-order valence-electron chi connectivity index (χ2n) is 5.41. The summed E-state index contributed by atoms with van der Waals surface area (Å²) in [6.45, 7) is 6.14. The van der Waals surface area contributed by atoms with E-state index in [-0.39, 0.29) is 11.8 Å². The highest BCUT2D eigenvalue weighted by Gasteiger charge is 2.19. The molecule has 0 spiro atoms. The summed E-state index contributed by atoms with van der Waals surface area (Å²) < 4.78 is 0. The normalized spacial score (nSPS) is 14.7. The number of hydrogen-bond acceptors (Lipinski definition) is 2. The molecule has 2 rings (SSSR count). The number of aryl methyl sites for hydroxylation is 2. The Kier molecular flexibility index (Phi) is 4.77. The van der Waals surface area contributed by atoms with Crippen LogP contribution in [0.3, 0.4) is 0 Å². The summed E-state index contributed by atoms with van der Waals surface area (Å²) >= 11 is 0. The number of hydrogen-bond donors (Lipinski definition) is 1. The van der Waals surface area contributed by atoms with Crippen molar-refractivity contribution >= 4 is 11.8 Å². The fraction of sp³-hybridized carbons (Fsp3) is 0.500. The lowest BCUT2D eigenvalue weighted by atomic mass is 10.1. The molecular weight excluding hydrogens is 252 g/mol. The molecule has 1 aliphatic heterocycles. The van der Waals surface area contributed by atoms with Crippen molar-refractivity contribution in [3.8, 4) is 0 Å². The van der Waals surface area contributed by atoms with Gasteiger partial charge in [0.05, 0.1) is 0 Å². The molecule has 4 nitrogen and oxygen atoms in total. The highest BCUT2D eigenvalue weighted by atomic mass is 16.2.